The van der Waals surface area contributed by atoms with Crippen molar-refractivity contribution in [2.45, 2.75) is 206 Å². The molecular formula is C46H76O6. The molecule has 0 spiro atoms. The summed E-state index contributed by atoms with van der Waals surface area (Å²) in [4.78, 5) is 40.4. The Balaban J connectivity index is 1.47. The Morgan fingerprint density at radius 1 is 0.538 bits per heavy atom. The van der Waals surface area contributed by atoms with Gasteiger partial charge in [0.2, 0.25) is 0 Å². The zero-order chi connectivity index (χ0) is 37.0. The van der Waals surface area contributed by atoms with E-state index in [0.717, 1.165) is 89.0 Å². The van der Waals surface area contributed by atoms with E-state index in [4.69, 9.17) is 14.2 Å². The van der Waals surface area contributed by atoms with E-state index in [1.807, 2.05) is 30.3 Å². The normalized spacial score (nSPS) is 16.6. The first-order valence-electron chi connectivity index (χ1n) is 22.1. The lowest BCUT2D eigenvalue weighted by atomic mass is 9.77. The van der Waals surface area contributed by atoms with Crippen molar-refractivity contribution in [3.63, 3.8) is 0 Å². The highest BCUT2D eigenvalue weighted by Crippen LogP contribution is 2.37. The molecule has 6 heteroatoms. The van der Waals surface area contributed by atoms with Crippen LogP contribution in [-0.4, -0.2) is 31.1 Å². The van der Waals surface area contributed by atoms with Crippen molar-refractivity contribution in [1.29, 1.82) is 0 Å². The molecule has 0 heterocycles. The van der Waals surface area contributed by atoms with Crippen molar-refractivity contribution in [1.82, 2.24) is 0 Å². The van der Waals surface area contributed by atoms with E-state index in [1.165, 1.54) is 89.9 Å². The second kappa shape index (κ2) is 28.1. The smallest absolute Gasteiger partial charge is 0.323 e. The Morgan fingerprint density at radius 2 is 0.981 bits per heavy atom. The maximum Gasteiger partial charge on any atom is 0.323 e. The highest BCUT2D eigenvalue weighted by Gasteiger charge is 2.48. The molecule has 1 atom stereocenters. The number of carbonyl (C=O) groups excluding carboxylic acids is 3. The Morgan fingerprint density at radius 3 is 1.50 bits per heavy atom. The van der Waals surface area contributed by atoms with Gasteiger partial charge in [-0.25, -0.2) is 0 Å². The van der Waals surface area contributed by atoms with Crippen molar-refractivity contribution in [2.24, 2.45) is 17.3 Å². The van der Waals surface area contributed by atoms with Crippen molar-refractivity contribution >= 4 is 17.9 Å². The summed E-state index contributed by atoms with van der Waals surface area (Å²) >= 11 is 0. The van der Waals surface area contributed by atoms with Crippen molar-refractivity contribution in [3.8, 4) is 0 Å². The van der Waals surface area contributed by atoms with Gasteiger partial charge < -0.3 is 14.2 Å². The molecule has 0 aliphatic heterocycles. The molecule has 0 saturated heterocycles. The standard InChI is InChI=1S/C46H76O6/c1-2-3-4-5-6-8-11-14-26-35-46(44(48)51-38-41-30-21-17-22-31-41,45(49)52-39-42-32-23-18-24-33-42)36-27-15-12-9-7-10-13-25-34-43(47)50-37-40-28-19-16-20-29-40/h17,21-22,30-31,40,42H,2-16,18-20,23-29,32-39H2,1H3. The third kappa shape index (κ3) is 18.6. The van der Waals surface area contributed by atoms with Gasteiger partial charge in [0.05, 0.1) is 13.2 Å². The van der Waals surface area contributed by atoms with Crippen LogP contribution in [0.4, 0.5) is 0 Å². The summed E-state index contributed by atoms with van der Waals surface area (Å²) in [6.45, 7) is 3.46. The molecule has 3 rings (SSSR count). The van der Waals surface area contributed by atoms with Crippen LogP contribution in [0.15, 0.2) is 30.3 Å². The lowest BCUT2D eigenvalue weighted by molar-refractivity contribution is -0.176. The minimum atomic E-state index is -1.24. The maximum absolute atomic E-state index is 14.1. The minimum absolute atomic E-state index is 0.0315. The summed E-state index contributed by atoms with van der Waals surface area (Å²) in [6.07, 6.45) is 32.5. The van der Waals surface area contributed by atoms with Crippen molar-refractivity contribution in [3.05, 3.63) is 35.9 Å². The fourth-order valence-corrected chi connectivity index (χ4v) is 8.29. The minimum Gasteiger partial charge on any atom is -0.465 e. The number of carbonyl (C=O) groups is 3. The number of benzene rings is 1. The number of rotatable bonds is 29. The van der Waals surface area contributed by atoms with E-state index >= 15 is 0 Å². The summed E-state index contributed by atoms with van der Waals surface area (Å²) in [5.41, 5.74) is -0.310. The highest BCUT2D eigenvalue weighted by molar-refractivity contribution is 6.00. The summed E-state index contributed by atoms with van der Waals surface area (Å²) in [5, 5.41) is 0. The van der Waals surface area contributed by atoms with Crippen molar-refractivity contribution < 1.29 is 28.6 Å². The van der Waals surface area contributed by atoms with Gasteiger partial charge in [0.15, 0.2) is 5.41 Å². The van der Waals surface area contributed by atoms with Crippen LogP contribution in [0.2, 0.25) is 0 Å². The lowest BCUT2D eigenvalue weighted by Crippen LogP contribution is -2.43. The SMILES string of the molecule is CCCCCCCCCCCC(CCCCCCCCCCC(=O)OCC1CCCCC1)(C(=O)OCc1ccccc1)C(=O)OCC1CCCCC1. The fourth-order valence-electron chi connectivity index (χ4n) is 8.29. The van der Waals surface area contributed by atoms with E-state index < -0.39 is 11.4 Å². The van der Waals surface area contributed by atoms with Crippen LogP contribution in [-0.2, 0) is 35.2 Å². The number of esters is 3. The molecular weight excluding hydrogens is 649 g/mol. The predicted molar refractivity (Wildman–Crippen MR) is 212 cm³/mol. The first kappa shape index (κ1) is 44.0. The van der Waals surface area contributed by atoms with Crippen LogP contribution in [0.1, 0.15) is 205 Å². The van der Waals surface area contributed by atoms with Gasteiger partial charge in [0, 0.05) is 6.42 Å². The van der Waals surface area contributed by atoms with Gasteiger partial charge in [0.25, 0.3) is 0 Å². The van der Waals surface area contributed by atoms with Gasteiger partial charge in [-0.05, 0) is 62.3 Å². The summed E-state index contributed by atoms with van der Waals surface area (Å²) in [7, 11) is 0. The molecule has 52 heavy (non-hydrogen) atoms. The van der Waals surface area contributed by atoms with Crippen LogP contribution in [0.5, 0.6) is 0 Å². The van der Waals surface area contributed by atoms with Crippen molar-refractivity contribution in [2.75, 3.05) is 13.2 Å². The largest absolute Gasteiger partial charge is 0.465 e. The van der Waals surface area contributed by atoms with E-state index in [-0.39, 0.29) is 18.5 Å². The van der Waals surface area contributed by atoms with Gasteiger partial charge in [0.1, 0.15) is 6.61 Å². The Kier molecular flexibility index (Phi) is 23.8. The molecule has 0 bridgehead atoms. The quantitative estimate of drug-likeness (QED) is 0.0354. The van der Waals surface area contributed by atoms with Gasteiger partial charge in [-0.3, -0.25) is 14.4 Å². The van der Waals surface area contributed by atoms with Gasteiger partial charge in [-0.1, -0.05) is 179 Å². The fraction of sp³-hybridized carbons (Fsp3) is 0.804. The third-order valence-corrected chi connectivity index (χ3v) is 11.8. The Bertz CT molecular complexity index is 1060. The highest BCUT2D eigenvalue weighted by atomic mass is 16.6. The molecule has 0 radical (unpaired) electrons. The number of hydrogen-bond acceptors (Lipinski definition) is 6. The number of unbranched alkanes of at least 4 members (excludes halogenated alkanes) is 15. The summed E-state index contributed by atoms with van der Waals surface area (Å²) in [6, 6.07) is 9.77. The molecule has 2 fully saturated rings. The van der Waals surface area contributed by atoms with Gasteiger partial charge >= 0.3 is 17.9 Å². The number of hydrogen-bond donors (Lipinski definition) is 0. The Hall–Kier alpha value is -2.37. The molecule has 2 aliphatic carbocycles. The third-order valence-electron chi connectivity index (χ3n) is 11.8. The molecule has 296 valence electrons. The maximum atomic E-state index is 14.1. The Labute approximate surface area is 318 Å². The monoisotopic (exact) mass is 725 g/mol. The first-order chi connectivity index (χ1) is 25.5. The van der Waals surface area contributed by atoms with E-state index in [0.29, 0.717) is 44.3 Å². The summed E-state index contributed by atoms with van der Waals surface area (Å²) < 4.78 is 17.6. The first-order valence-corrected chi connectivity index (χ1v) is 22.1. The van der Waals surface area contributed by atoms with Crippen LogP contribution in [0, 0.1) is 17.3 Å². The summed E-state index contributed by atoms with van der Waals surface area (Å²) in [5.74, 6) is 0.186. The molecule has 2 saturated carbocycles. The van der Waals surface area contributed by atoms with Crippen LogP contribution in [0.25, 0.3) is 0 Å². The molecule has 0 aromatic heterocycles. The zero-order valence-corrected chi connectivity index (χ0v) is 33.3. The zero-order valence-electron chi connectivity index (χ0n) is 33.3. The second-order valence-electron chi connectivity index (χ2n) is 16.3. The van der Waals surface area contributed by atoms with Gasteiger partial charge in [-0.2, -0.15) is 0 Å². The average molecular weight is 725 g/mol. The van der Waals surface area contributed by atoms with Crippen LogP contribution < -0.4 is 0 Å². The molecule has 0 N–H and O–H groups in total. The van der Waals surface area contributed by atoms with E-state index in [1.54, 1.807) is 0 Å². The van der Waals surface area contributed by atoms with E-state index in [9.17, 15) is 14.4 Å². The molecule has 2 aliphatic rings. The molecule has 0 amide bonds. The van der Waals surface area contributed by atoms with Crippen LogP contribution >= 0.6 is 0 Å². The number of ether oxygens (including phenoxy) is 3. The molecule has 1 aromatic carbocycles. The van der Waals surface area contributed by atoms with Crippen LogP contribution in [0.3, 0.4) is 0 Å². The predicted octanol–water partition coefficient (Wildman–Crippen LogP) is 12.8. The van der Waals surface area contributed by atoms with Gasteiger partial charge in [-0.15, -0.1) is 0 Å². The topological polar surface area (TPSA) is 78.9 Å². The molecule has 1 unspecified atom stereocenters. The molecule has 6 nitrogen and oxygen atoms in total. The second-order valence-corrected chi connectivity index (χ2v) is 16.3. The lowest BCUT2D eigenvalue weighted by Gasteiger charge is -2.31. The molecule has 1 aromatic rings. The van der Waals surface area contributed by atoms with E-state index in [2.05, 4.69) is 6.92 Å². The average Bonchev–Trinajstić information content (AvgIpc) is 3.18.